The van der Waals surface area contributed by atoms with Crippen molar-refractivity contribution in [2.24, 2.45) is 0 Å². The number of hydrogen-bond donors (Lipinski definition) is 1. The van der Waals surface area contributed by atoms with Gasteiger partial charge in [0.2, 0.25) is 0 Å². The van der Waals surface area contributed by atoms with Gasteiger partial charge in [0.25, 0.3) is 11.6 Å². The second-order valence-electron chi connectivity index (χ2n) is 5.36. The van der Waals surface area contributed by atoms with Crippen molar-refractivity contribution < 1.29 is 9.72 Å². The highest BCUT2D eigenvalue weighted by atomic mass is 35.5. The Morgan fingerprint density at radius 1 is 1.19 bits per heavy atom. The van der Waals surface area contributed by atoms with Gasteiger partial charge in [0.1, 0.15) is 5.56 Å². The van der Waals surface area contributed by atoms with Gasteiger partial charge in [-0.2, -0.15) is 5.10 Å². The molecule has 3 aromatic rings. The van der Waals surface area contributed by atoms with Crippen molar-refractivity contribution in [1.29, 1.82) is 0 Å². The zero-order valence-corrected chi connectivity index (χ0v) is 14.7. The van der Waals surface area contributed by atoms with Crippen molar-refractivity contribution in [2.75, 3.05) is 5.32 Å². The van der Waals surface area contributed by atoms with E-state index in [1.807, 2.05) is 0 Å². The Hall–Kier alpha value is -2.90. The van der Waals surface area contributed by atoms with E-state index in [1.54, 1.807) is 41.2 Å². The predicted molar refractivity (Wildman–Crippen MR) is 98.8 cm³/mol. The number of aromatic nitrogens is 2. The number of carbonyl (C=O) groups is 1. The van der Waals surface area contributed by atoms with Gasteiger partial charge < -0.3 is 5.32 Å². The van der Waals surface area contributed by atoms with Crippen LogP contribution < -0.4 is 5.32 Å². The highest BCUT2D eigenvalue weighted by Gasteiger charge is 2.19. The molecule has 132 valence electrons. The van der Waals surface area contributed by atoms with Gasteiger partial charge >= 0.3 is 0 Å². The molecule has 0 aliphatic carbocycles. The van der Waals surface area contributed by atoms with Gasteiger partial charge in [0.05, 0.1) is 11.5 Å². The standard InChI is InChI=1S/C17H12Cl2N4O3/c18-12-6-5-11(14(19)9-12)10-22-8-7-16(21-22)20-17(24)13-3-1-2-4-15(13)23(25)26/h1-9H,10H2,(H,20,21,24). The first-order valence-electron chi connectivity index (χ1n) is 7.46. The summed E-state index contributed by atoms with van der Waals surface area (Å²) in [5.41, 5.74) is 0.515. The van der Waals surface area contributed by atoms with Gasteiger partial charge in [0.15, 0.2) is 5.82 Å². The predicted octanol–water partition coefficient (Wildman–Crippen LogP) is 4.40. The zero-order valence-electron chi connectivity index (χ0n) is 13.2. The van der Waals surface area contributed by atoms with E-state index in [0.29, 0.717) is 16.6 Å². The summed E-state index contributed by atoms with van der Waals surface area (Å²) in [6, 6.07) is 12.5. The van der Waals surface area contributed by atoms with Gasteiger partial charge in [-0.1, -0.05) is 41.4 Å². The van der Waals surface area contributed by atoms with E-state index in [-0.39, 0.29) is 17.1 Å². The Labute approximate surface area is 158 Å². The lowest BCUT2D eigenvalue weighted by Crippen LogP contribution is -2.14. The second kappa shape index (κ2) is 7.55. The molecule has 0 bridgehead atoms. The first-order chi connectivity index (χ1) is 12.4. The van der Waals surface area contributed by atoms with Crippen LogP contribution in [0.1, 0.15) is 15.9 Å². The molecule has 1 N–H and O–H groups in total. The van der Waals surface area contributed by atoms with E-state index in [1.165, 1.54) is 18.2 Å². The topological polar surface area (TPSA) is 90.1 Å². The number of nitro groups is 1. The molecule has 0 radical (unpaired) electrons. The largest absolute Gasteiger partial charge is 0.305 e. The van der Waals surface area contributed by atoms with Crippen LogP contribution in [0.4, 0.5) is 11.5 Å². The molecule has 9 heteroatoms. The van der Waals surface area contributed by atoms with E-state index in [4.69, 9.17) is 23.2 Å². The molecule has 0 aliphatic heterocycles. The Kier molecular flexibility index (Phi) is 5.20. The maximum absolute atomic E-state index is 12.3. The number of amides is 1. The molecule has 0 unspecified atom stereocenters. The van der Waals surface area contributed by atoms with Crippen LogP contribution in [0.25, 0.3) is 0 Å². The Morgan fingerprint density at radius 3 is 2.69 bits per heavy atom. The number of halogens is 2. The molecule has 7 nitrogen and oxygen atoms in total. The number of hydrogen-bond acceptors (Lipinski definition) is 4. The van der Waals surface area contributed by atoms with Crippen molar-refractivity contribution in [2.45, 2.75) is 6.54 Å². The van der Waals surface area contributed by atoms with Gasteiger partial charge in [-0.25, -0.2) is 0 Å². The van der Waals surface area contributed by atoms with E-state index >= 15 is 0 Å². The third kappa shape index (κ3) is 4.01. The summed E-state index contributed by atoms with van der Waals surface area (Å²) < 4.78 is 1.59. The third-order valence-corrected chi connectivity index (χ3v) is 4.16. The van der Waals surface area contributed by atoms with Crippen molar-refractivity contribution in [3.8, 4) is 0 Å². The lowest BCUT2D eigenvalue weighted by Gasteiger charge is -2.05. The minimum absolute atomic E-state index is 0.0344. The summed E-state index contributed by atoms with van der Waals surface area (Å²) in [6.07, 6.45) is 1.67. The lowest BCUT2D eigenvalue weighted by molar-refractivity contribution is -0.385. The third-order valence-electron chi connectivity index (χ3n) is 3.58. The van der Waals surface area contributed by atoms with E-state index in [0.717, 1.165) is 5.56 Å². The van der Waals surface area contributed by atoms with Gasteiger partial charge in [-0.15, -0.1) is 0 Å². The summed E-state index contributed by atoms with van der Waals surface area (Å²) >= 11 is 12.0. The number of nitrogens with zero attached hydrogens (tertiary/aromatic N) is 3. The van der Waals surface area contributed by atoms with Crippen LogP contribution in [0, 0.1) is 10.1 Å². The highest BCUT2D eigenvalue weighted by Crippen LogP contribution is 2.22. The summed E-state index contributed by atoms with van der Waals surface area (Å²) in [5.74, 6) is -0.328. The molecule has 3 rings (SSSR count). The van der Waals surface area contributed by atoms with Crippen LogP contribution in [0.3, 0.4) is 0 Å². The number of nitrogens with one attached hydrogen (secondary N) is 1. The fourth-order valence-electron chi connectivity index (χ4n) is 2.35. The fourth-order valence-corrected chi connectivity index (χ4v) is 2.82. The highest BCUT2D eigenvalue weighted by molar-refractivity contribution is 6.35. The van der Waals surface area contributed by atoms with Gasteiger partial charge in [-0.3, -0.25) is 19.6 Å². The zero-order chi connectivity index (χ0) is 18.7. The van der Waals surface area contributed by atoms with Crippen LogP contribution in [-0.4, -0.2) is 20.6 Å². The number of benzene rings is 2. The first kappa shape index (κ1) is 17.9. The van der Waals surface area contributed by atoms with Crippen LogP contribution in [0.15, 0.2) is 54.7 Å². The molecule has 0 atom stereocenters. The maximum atomic E-state index is 12.3. The Balaban J connectivity index is 1.74. The fraction of sp³-hybridized carbons (Fsp3) is 0.0588. The molecule has 0 fully saturated rings. The number of para-hydroxylation sites is 1. The molecular formula is C17H12Cl2N4O3. The van der Waals surface area contributed by atoms with Crippen molar-refractivity contribution in [1.82, 2.24) is 9.78 Å². The van der Waals surface area contributed by atoms with Gasteiger partial charge in [0, 0.05) is 28.4 Å². The van der Waals surface area contributed by atoms with Crippen LogP contribution in [0.2, 0.25) is 10.0 Å². The quantitative estimate of drug-likeness (QED) is 0.516. The molecule has 1 heterocycles. The molecule has 0 spiro atoms. The average molecular weight is 391 g/mol. The Bertz CT molecular complexity index is 988. The van der Waals surface area contributed by atoms with E-state index in [9.17, 15) is 14.9 Å². The normalized spacial score (nSPS) is 10.5. The number of carbonyl (C=O) groups excluding carboxylic acids is 1. The van der Waals surface area contributed by atoms with E-state index in [2.05, 4.69) is 10.4 Å². The number of rotatable bonds is 5. The second-order valence-corrected chi connectivity index (χ2v) is 6.21. The van der Waals surface area contributed by atoms with Crippen molar-refractivity contribution in [3.63, 3.8) is 0 Å². The summed E-state index contributed by atoms with van der Waals surface area (Å²) in [6.45, 7) is 0.386. The molecule has 0 aliphatic rings. The van der Waals surface area contributed by atoms with Crippen LogP contribution in [-0.2, 0) is 6.54 Å². The average Bonchev–Trinajstić information content (AvgIpc) is 3.04. The molecular weight excluding hydrogens is 379 g/mol. The minimum Gasteiger partial charge on any atom is -0.305 e. The molecule has 26 heavy (non-hydrogen) atoms. The van der Waals surface area contributed by atoms with Crippen LogP contribution in [0.5, 0.6) is 0 Å². The summed E-state index contributed by atoms with van der Waals surface area (Å²) in [4.78, 5) is 22.7. The molecule has 2 aromatic carbocycles. The van der Waals surface area contributed by atoms with Gasteiger partial charge in [-0.05, 0) is 23.8 Å². The number of nitro benzene ring substituents is 1. The smallest absolute Gasteiger partial charge is 0.282 e. The first-order valence-corrected chi connectivity index (χ1v) is 8.22. The summed E-state index contributed by atoms with van der Waals surface area (Å²) in [7, 11) is 0. The molecule has 0 saturated heterocycles. The minimum atomic E-state index is -0.605. The monoisotopic (exact) mass is 390 g/mol. The Morgan fingerprint density at radius 2 is 1.96 bits per heavy atom. The van der Waals surface area contributed by atoms with E-state index < -0.39 is 10.8 Å². The molecule has 1 amide bonds. The summed E-state index contributed by atoms with van der Waals surface area (Å²) in [5, 5.41) is 18.9. The molecule has 1 aromatic heterocycles. The SMILES string of the molecule is O=C(Nc1ccn(Cc2ccc(Cl)cc2Cl)n1)c1ccccc1[N+](=O)[O-]. The van der Waals surface area contributed by atoms with Crippen LogP contribution >= 0.6 is 23.2 Å². The lowest BCUT2D eigenvalue weighted by atomic mass is 10.1. The van der Waals surface area contributed by atoms with Crippen molar-refractivity contribution in [3.05, 3.63) is 86.0 Å². The van der Waals surface area contributed by atoms with Crippen molar-refractivity contribution >= 4 is 40.6 Å². The number of anilines is 1. The maximum Gasteiger partial charge on any atom is 0.282 e. The molecule has 0 saturated carbocycles.